The van der Waals surface area contributed by atoms with Gasteiger partial charge >= 0.3 is 0 Å². The molecule has 1 heteroatoms. The second kappa shape index (κ2) is 11.9. The quantitative estimate of drug-likeness (QED) is 0.160. The molecule has 0 N–H and O–H groups in total. The Kier molecular flexibility index (Phi) is 6.60. The summed E-state index contributed by atoms with van der Waals surface area (Å²) in [6, 6.07) is 72.2. The average molecular weight is 713 g/mol. The number of thiophene rings is 1. The van der Waals surface area contributed by atoms with Crippen molar-refractivity contribution >= 4 is 96.1 Å². The molecule has 0 fully saturated rings. The highest BCUT2D eigenvalue weighted by Gasteiger charge is 2.18. The van der Waals surface area contributed by atoms with Gasteiger partial charge in [0.15, 0.2) is 0 Å². The predicted molar refractivity (Wildman–Crippen MR) is 241 cm³/mol. The van der Waals surface area contributed by atoms with Gasteiger partial charge in [-0.2, -0.15) is 0 Å². The molecular weight excluding hydrogens is 681 g/mol. The molecule has 0 radical (unpaired) electrons. The van der Waals surface area contributed by atoms with Crippen LogP contribution in [-0.4, -0.2) is 0 Å². The Labute approximate surface area is 322 Å². The maximum atomic E-state index is 2.38. The second-order valence-corrected chi connectivity index (χ2v) is 15.8. The van der Waals surface area contributed by atoms with Crippen LogP contribution in [0.3, 0.4) is 0 Å². The van der Waals surface area contributed by atoms with Crippen molar-refractivity contribution in [3.8, 4) is 33.4 Å². The minimum Gasteiger partial charge on any atom is -0.134 e. The molecule has 0 saturated heterocycles. The SMILES string of the molecule is c1ccc2c(-c3c4ccccc4c(-c4ccc5cc(-c6ccc7c(ccc8c9ccc%10ccccc%10c9sc78)c6)ccc5c4)c4ccccc34)cccc2c1. The van der Waals surface area contributed by atoms with Gasteiger partial charge in [-0.3, -0.25) is 0 Å². The van der Waals surface area contributed by atoms with Crippen LogP contribution < -0.4 is 0 Å². The van der Waals surface area contributed by atoms with E-state index in [1.54, 1.807) is 0 Å². The first-order valence-electron chi connectivity index (χ1n) is 19.0. The third kappa shape index (κ3) is 4.64. The van der Waals surface area contributed by atoms with Crippen LogP contribution in [-0.2, 0) is 0 Å². The number of hydrogen-bond donors (Lipinski definition) is 0. The summed E-state index contributed by atoms with van der Waals surface area (Å²) in [5, 5.41) is 18.1. The summed E-state index contributed by atoms with van der Waals surface area (Å²) in [5.74, 6) is 0. The van der Waals surface area contributed by atoms with Gasteiger partial charge in [-0.05, 0) is 116 Å². The first-order chi connectivity index (χ1) is 27.3. The number of rotatable bonds is 3. The largest absolute Gasteiger partial charge is 0.134 e. The van der Waals surface area contributed by atoms with Gasteiger partial charge in [0.05, 0.1) is 0 Å². The molecule has 0 aliphatic heterocycles. The molecule has 1 heterocycles. The fraction of sp³-hybridized carbons (Fsp3) is 0. The van der Waals surface area contributed by atoms with Crippen LogP contribution in [0.15, 0.2) is 194 Å². The van der Waals surface area contributed by atoms with Gasteiger partial charge in [-0.15, -0.1) is 11.3 Å². The molecule has 11 aromatic carbocycles. The highest BCUT2D eigenvalue weighted by atomic mass is 32.1. The summed E-state index contributed by atoms with van der Waals surface area (Å²) in [5.41, 5.74) is 7.58. The van der Waals surface area contributed by atoms with Crippen LogP contribution in [0.25, 0.3) is 118 Å². The summed E-state index contributed by atoms with van der Waals surface area (Å²) < 4.78 is 2.74. The molecule has 0 amide bonds. The van der Waals surface area contributed by atoms with Crippen molar-refractivity contribution in [3.05, 3.63) is 194 Å². The van der Waals surface area contributed by atoms with E-state index in [9.17, 15) is 0 Å². The van der Waals surface area contributed by atoms with Gasteiger partial charge in [0.1, 0.15) is 0 Å². The van der Waals surface area contributed by atoms with Crippen molar-refractivity contribution in [1.29, 1.82) is 0 Å². The van der Waals surface area contributed by atoms with Crippen LogP contribution in [0.4, 0.5) is 0 Å². The van der Waals surface area contributed by atoms with E-state index in [1.165, 1.54) is 118 Å². The predicted octanol–water partition coefficient (Wildman–Crippen LogP) is 16.0. The van der Waals surface area contributed by atoms with Gasteiger partial charge < -0.3 is 0 Å². The van der Waals surface area contributed by atoms with Crippen molar-refractivity contribution in [2.24, 2.45) is 0 Å². The molecule has 0 spiro atoms. The van der Waals surface area contributed by atoms with Crippen molar-refractivity contribution in [1.82, 2.24) is 0 Å². The van der Waals surface area contributed by atoms with Crippen LogP contribution in [0, 0.1) is 0 Å². The third-order valence-electron chi connectivity index (χ3n) is 11.8. The maximum absolute atomic E-state index is 2.38. The van der Waals surface area contributed by atoms with Crippen LogP contribution >= 0.6 is 11.3 Å². The highest BCUT2D eigenvalue weighted by Crippen LogP contribution is 2.46. The van der Waals surface area contributed by atoms with Crippen molar-refractivity contribution < 1.29 is 0 Å². The lowest BCUT2D eigenvalue weighted by Gasteiger charge is -2.19. The van der Waals surface area contributed by atoms with Gasteiger partial charge in [0.2, 0.25) is 0 Å². The van der Waals surface area contributed by atoms with Crippen molar-refractivity contribution in [2.75, 3.05) is 0 Å². The van der Waals surface area contributed by atoms with E-state index < -0.39 is 0 Å². The smallest absolute Gasteiger partial charge is 0.0434 e. The number of hydrogen-bond acceptors (Lipinski definition) is 1. The van der Waals surface area contributed by atoms with E-state index in [0.29, 0.717) is 0 Å². The van der Waals surface area contributed by atoms with Crippen LogP contribution in [0.2, 0.25) is 0 Å². The minimum atomic E-state index is 1.24. The van der Waals surface area contributed by atoms with E-state index in [4.69, 9.17) is 0 Å². The van der Waals surface area contributed by atoms with E-state index in [1.807, 2.05) is 11.3 Å². The molecule has 0 atom stereocenters. The summed E-state index contributed by atoms with van der Waals surface area (Å²) in [7, 11) is 0. The number of fused-ring (bicyclic) bond motifs is 11. The summed E-state index contributed by atoms with van der Waals surface area (Å²) in [4.78, 5) is 0. The van der Waals surface area contributed by atoms with Gasteiger partial charge in [-0.1, -0.05) is 176 Å². The Morgan fingerprint density at radius 1 is 0.236 bits per heavy atom. The molecule has 254 valence electrons. The van der Waals surface area contributed by atoms with Crippen molar-refractivity contribution in [3.63, 3.8) is 0 Å². The minimum absolute atomic E-state index is 1.24. The zero-order valence-electron chi connectivity index (χ0n) is 29.9. The molecule has 0 aliphatic carbocycles. The van der Waals surface area contributed by atoms with Crippen molar-refractivity contribution in [2.45, 2.75) is 0 Å². The first-order valence-corrected chi connectivity index (χ1v) is 19.8. The molecule has 12 rings (SSSR count). The fourth-order valence-electron chi connectivity index (χ4n) is 9.22. The molecule has 0 unspecified atom stereocenters. The second-order valence-electron chi connectivity index (χ2n) is 14.8. The molecule has 0 saturated carbocycles. The third-order valence-corrected chi connectivity index (χ3v) is 13.1. The Balaban J connectivity index is 0.981. The molecule has 0 nitrogen and oxygen atoms in total. The lowest BCUT2D eigenvalue weighted by atomic mass is 9.84. The maximum Gasteiger partial charge on any atom is 0.0434 e. The summed E-state index contributed by atoms with van der Waals surface area (Å²) in [6.45, 7) is 0. The Hall–Kier alpha value is -6.80. The molecule has 12 aromatic rings. The van der Waals surface area contributed by atoms with E-state index in [0.717, 1.165) is 0 Å². The van der Waals surface area contributed by atoms with Gasteiger partial charge in [-0.25, -0.2) is 0 Å². The highest BCUT2D eigenvalue weighted by molar-refractivity contribution is 7.27. The summed E-state index contributed by atoms with van der Waals surface area (Å²) >= 11 is 1.92. The van der Waals surface area contributed by atoms with E-state index >= 15 is 0 Å². The lowest BCUT2D eigenvalue weighted by molar-refractivity contribution is 1.67. The summed E-state index contributed by atoms with van der Waals surface area (Å²) in [6.07, 6.45) is 0. The van der Waals surface area contributed by atoms with Crippen LogP contribution in [0.5, 0.6) is 0 Å². The molecule has 0 bridgehead atoms. The topological polar surface area (TPSA) is 0 Å². The normalized spacial score (nSPS) is 12.0. The standard InChI is InChI=1S/C54H32S/c1-3-13-41-33(10-1)12-9-19-44(41)52-47-17-7-5-15-45(47)51(46-16-6-8-18-48(46)52)40-23-22-36-30-35(20-21-37(36)32-40)38-25-27-43-39(31-38)26-29-50-49-28-24-34-11-2-4-14-42(34)53(49)55-54(43)50/h1-32H. The van der Waals surface area contributed by atoms with Gasteiger partial charge in [0.25, 0.3) is 0 Å². The average Bonchev–Trinajstić information content (AvgIpc) is 3.65. The van der Waals surface area contributed by atoms with E-state index in [2.05, 4.69) is 194 Å². The first kappa shape index (κ1) is 30.6. The zero-order chi connectivity index (χ0) is 36.0. The monoisotopic (exact) mass is 712 g/mol. The Bertz CT molecular complexity index is 3490. The Morgan fingerprint density at radius 2 is 0.655 bits per heavy atom. The zero-order valence-corrected chi connectivity index (χ0v) is 30.7. The van der Waals surface area contributed by atoms with Crippen LogP contribution in [0.1, 0.15) is 0 Å². The Morgan fingerprint density at radius 3 is 1.33 bits per heavy atom. The van der Waals surface area contributed by atoms with E-state index in [-0.39, 0.29) is 0 Å². The molecule has 0 aliphatic rings. The fourth-order valence-corrected chi connectivity index (χ4v) is 10.6. The lowest BCUT2D eigenvalue weighted by Crippen LogP contribution is -1.91. The molecule has 55 heavy (non-hydrogen) atoms. The number of benzene rings is 11. The molecule has 1 aromatic heterocycles. The van der Waals surface area contributed by atoms with Gasteiger partial charge in [0, 0.05) is 20.2 Å². The molecular formula is C54H32S.